The van der Waals surface area contributed by atoms with Gasteiger partial charge in [-0.1, -0.05) is 0 Å². The number of anilines is 1. The number of likely N-dealkylation sites (tertiary alicyclic amines) is 1. The Morgan fingerprint density at radius 3 is 2.73 bits per heavy atom. The van der Waals surface area contributed by atoms with Crippen LogP contribution in [-0.4, -0.2) is 63.4 Å². The fourth-order valence-electron chi connectivity index (χ4n) is 3.62. The van der Waals surface area contributed by atoms with Gasteiger partial charge >= 0.3 is 6.18 Å². The predicted octanol–water partition coefficient (Wildman–Crippen LogP) is 2.06. The summed E-state index contributed by atoms with van der Waals surface area (Å²) in [6, 6.07) is 1.10. The van der Waals surface area contributed by atoms with E-state index in [2.05, 4.69) is 25.3 Å². The number of piperidine rings is 1. The van der Waals surface area contributed by atoms with E-state index in [0.717, 1.165) is 58.2 Å². The Hall–Kier alpha value is -1.94. The lowest BCUT2D eigenvalue weighted by Crippen LogP contribution is -2.41. The first-order chi connectivity index (χ1) is 12.5. The summed E-state index contributed by atoms with van der Waals surface area (Å²) >= 11 is 0. The minimum Gasteiger partial charge on any atom is -0.381 e. The Kier molecular flexibility index (Phi) is 4.70. The fraction of sp³-hybridized carbons (Fsp3) is 0.688. The highest BCUT2D eigenvalue weighted by molar-refractivity contribution is 5.46. The maximum Gasteiger partial charge on any atom is 0.433 e. The number of fused-ring (bicyclic) bond motifs is 1. The van der Waals surface area contributed by atoms with Crippen molar-refractivity contribution in [3.05, 3.63) is 18.1 Å². The van der Waals surface area contributed by atoms with Crippen molar-refractivity contribution in [1.82, 2.24) is 24.5 Å². The van der Waals surface area contributed by atoms with Crippen molar-refractivity contribution in [2.45, 2.75) is 31.5 Å². The van der Waals surface area contributed by atoms with Crippen molar-refractivity contribution in [1.29, 1.82) is 0 Å². The molecule has 4 rings (SSSR count). The molecule has 4 heterocycles. The Morgan fingerprint density at radius 1 is 1.23 bits per heavy atom. The average molecular weight is 370 g/mol. The molecule has 0 spiro atoms. The quantitative estimate of drug-likeness (QED) is 0.889. The number of halogens is 3. The number of nitrogens with zero attached hydrogens (tertiary/aromatic N) is 5. The zero-order valence-electron chi connectivity index (χ0n) is 14.2. The standard InChI is InChI=1S/C16H21F3N6O/c17-16(18,19)13-7-14(25-15(23-13)20-10-21-25)22-12-1-4-24(5-2-12)8-11-3-6-26-9-11/h7,10-12,22H,1-6,8-9H2. The van der Waals surface area contributed by atoms with E-state index in [4.69, 9.17) is 4.74 Å². The highest BCUT2D eigenvalue weighted by Gasteiger charge is 2.34. The van der Waals surface area contributed by atoms with Gasteiger partial charge in [-0.15, -0.1) is 0 Å². The molecule has 0 aromatic carbocycles. The zero-order chi connectivity index (χ0) is 18.1. The van der Waals surface area contributed by atoms with E-state index in [-0.39, 0.29) is 17.6 Å². The maximum atomic E-state index is 13.1. The molecule has 1 atom stereocenters. The molecule has 26 heavy (non-hydrogen) atoms. The molecule has 0 radical (unpaired) electrons. The van der Waals surface area contributed by atoms with Crippen LogP contribution < -0.4 is 5.32 Å². The SMILES string of the molecule is FC(F)(F)c1cc(NC2CCN(CC3CCOC3)CC2)n2ncnc2n1. The highest BCUT2D eigenvalue weighted by Crippen LogP contribution is 2.30. The summed E-state index contributed by atoms with van der Waals surface area (Å²) in [6.45, 7) is 4.56. The minimum absolute atomic E-state index is 0.0546. The van der Waals surface area contributed by atoms with E-state index in [1.165, 1.54) is 10.8 Å². The topological polar surface area (TPSA) is 67.6 Å². The van der Waals surface area contributed by atoms with Crippen LogP contribution in [0.15, 0.2) is 12.4 Å². The van der Waals surface area contributed by atoms with Crippen molar-refractivity contribution in [3.8, 4) is 0 Å². The third-order valence-electron chi connectivity index (χ3n) is 5.02. The molecule has 2 aliphatic heterocycles. The van der Waals surface area contributed by atoms with E-state index in [9.17, 15) is 13.2 Å². The van der Waals surface area contributed by atoms with Crippen molar-refractivity contribution in [2.24, 2.45) is 5.92 Å². The lowest BCUT2D eigenvalue weighted by atomic mass is 10.0. The number of aromatic nitrogens is 4. The highest BCUT2D eigenvalue weighted by atomic mass is 19.4. The molecule has 2 fully saturated rings. The number of nitrogens with one attached hydrogen (secondary N) is 1. The van der Waals surface area contributed by atoms with Crippen molar-refractivity contribution >= 4 is 11.6 Å². The zero-order valence-corrected chi connectivity index (χ0v) is 14.2. The van der Waals surface area contributed by atoms with E-state index in [1.807, 2.05) is 0 Å². The van der Waals surface area contributed by atoms with Crippen molar-refractivity contribution in [3.63, 3.8) is 0 Å². The van der Waals surface area contributed by atoms with Crippen LogP contribution in [0, 0.1) is 5.92 Å². The van der Waals surface area contributed by atoms with Gasteiger partial charge in [0.2, 0.25) is 0 Å². The van der Waals surface area contributed by atoms with Gasteiger partial charge < -0.3 is 15.0 Å². The average Bonchev–Trinajstić information content (AvgIpc) is 3.27. The van der Waals surface area contributed by atoms with E-state index in [1.54, 1.807) is 0 Å². The molecule has 7 nitrogen and oxygen atoms in total. The number of ether oxygens (including phenoxy) is 1. The third kappa shape index (κ3) is 3.75. The van der Waals surface area contributed by atoms with Gasteiger partial charge in [-0.25, -0.2) is 4.98 Å². The van der Waals surface area contributed by atoms with Gasteiger partial charge in [-0.05, 0) is 25.2 Å². The molecule has 10 heteroatoms. The molecule has 2 aromatic rings. The van der Waals surface area contributed by atoms with Gasteiger partial charge in [0.05, 0.1) is 6.61 Å². The Balaban J connectivity index is 1.42. The monoisotopic (exact) mass is 370 g/mol. The van der Waals surface area contributed by atoms with Crippen LogP contribution in [0.3, 0.4) is 0 Å². The Morgan fingerprint density at radius 2 is 2.04 bits per heavy atom. The lowest BCUT2D eigenvalue weighted by molar-refractivity contribution is -0.141. The molecule has 0 amide bonds. The molecule has 1 N–H and O–H groups in total. The van der Waals surface area contributed by atoms with Crippen LogP contribution in [0.1, 0.15) is 25.0 Å². The first kappa shape index (κ1) is 17.5. The van der Waals surface area contributed by atoms with Gasteiger partial charge in [0.25, 0.3) is 5.78 Å². The van der Waals surface area contributed by atoms with Gasteiger partial charge in [0.15, 0.2) is 5.69 Å². The number of rotatable bonds is 4. The first-order valence-corrected chi connectivity index (χ1v) is 8.83. The number of alkyl halides is 3. The second-order valence-corrected chi connectivity index (χ2v) is 6.95. The van der Waals surface area contributed by atoms with Crippen LogP contribution in [0.25, 0.3) is 5.78 Å². The molecule has 142 valence electrons. The summed E-state index contributed by atoms with van der Waals surface area (Å²) < 4.78 is 45.9. The minimum atomic E-state index is -4.52. The summed E-state index contributed by atoms with van der Waals surface area (Å²) in [5.74, 6) is 0.826. The summed E-state index contributed by atoms with van der Waals surface area (Å²) in [5, 5.41) is 7.19. The van der Waals surface area contributed by atoms with E-state index >= 15 is 0 Å². The van der Waals surface area contributed by atoms with Crippen LogP contribution in [0.5, 0.6) is 0 Å². The van der Waals surface area contributed by atoms with Gasteiger partial charge in [-0.2, -0.15) is 27.8 Å². The van der Waals surface area contributed by atoms with Crippen LogP contribution in [-0.2, 0) is 10.9 Å². The Labute approximate surface area is 148 Å². The van der Waals surface area contributed by atoms with E-state index < -0.39 is 11.9 Å². The molecule has 1 unspecified atom stereocenters. The van der Waals surface area contributed by atoms with Gasteiger partial charge in [0.1, 0.15) is 12.1 Å². The predicted molar refractivity (Wildman–Crippen MR) is 87.8 cm³/mol. The molecule has 2 saturated heterocycles. The van der Waals surface area contributed by atoms with E-state index in [0.29, 0.717) is 5.92 Å². The van der Waals surface area contributed by atoms with Crippen molar-refractivity contribution < 1.29 is 17.9 Å². The summed E-state index contributed by atoms with van der Waals surface area (Å²) in [4.78, 5) is 9.74. The largest absolute Gasteiger partial charge is 0.433 e. The lowest BCUT2D eigenvalue weighted by Gasteiger charge is -2.34. The first-order valence-electron chi connectivity index (χ1n) is 8.83. The number of hydrogen-bond donors (Lipinski definition) is 1. The molecular weight excluding hydrogens is 349 g/mol. The maximum absolute atomic E-state index is 13.1. The summed E-state index contributed by atoms with van der Waals surface area (Å²) in [7, 11) is 0. The third-order valence-corrected chi connectivity index (χ3v) is 5.02. The van der Waals surface area contributed by atoms with Crippen LogP contribution >= 0.6 is 0 Å². The number of hydrogen-bond acceptors (Lipinski definition) is 6. The second-order valence-electron chi connectivity index (χ2n) is 6.95. The van der Waals surface area contributed by atoms with Crippen molar-refractivity contribution in [2.75, 3.05) is 38.2 Å². The Bertz CT molecular complexity index is 750. The van der Waals surface area contributed by atoms with Crippen LogP contribution in [0.2, 0.25) is 0 Å². The smallest absolute Gasteiger partial charge is 0.381 e. The van der Waals surface area contributed by atoms with Gasteiger partial charge in [-0.3, -0.25) is 0 Å². The summed E-state index contributed by atoms with van der Waals surface area (Å²) in [6.07, 6.45) is -0.461. The molecule has 0 saturated carbocycles. The normalized spacial score (nSPS) is 23.0. The molecule has 2 aromatic heterocycles. The molecule has 2 aliphatic rings. The molecular formula is C16H21F3N6O. The second kappa shape index (κ2) is 6.99. The fourth-order valence-corrected chi connectivity index (χ4v) is 3.62. The molecule has 0 bridgehead atoms. The summed E-state index contributed by atoms with van der Waals surface area (Å²) in [5.41, 5.74) is -0.959. The molecule has 0 aliphatic carbocycles. The van der Waals surface area contributed by atoms with Gasteiger partial charge in [0, 0.05) is 38.3 Å². The van der Waals surface area contributed by atoms with Crippen LogP contribution in [0.4, 0.5) is 19.0 Å².